The summed E-state index contributed by atoms with van der Waals surface area (Å²) < 4.78 is 10.4. The molecule has 124 valence electrons. The summed E-state index contributed by atoms with van der Waals surface area (Å²) in [5, 5.41) is 14.9. The molecule has 24 heavy (non-hydrogen) atoms. The number of nitrogens with one attached hydrogen (secondary N) is 2. The topological polar surface area (TPSA) is 83.4 Å². The van der Waals surface area contributed by atoms with Crippen molar-refractivity contribution in [3.63, 3.8) is 0 Å². The second-order valence-electron chi connectivity index (χ2n) is 5.08. The summed E-state index contributed by atoms with van der Waals surface area (Å²) in [5.74, 6) is 0.945. The van der Waals surface area contributed by atoms with Crippen molar-refractivity contribution in [3.05, 3.63) is 48.0 Å². The van der Waals surface area contributed by atoms with Gasteiger partial charge in [-0.3, -0.25) is 4.79 Å². The summed E-state index contributed by atoms with van der Waals surface area (Å²) in [5.41, 5.74) is 1.64. The van der Waals surface area contributed by atoms with Crippen molar-refractivity contribution in [3.8, 4) is 17.6 Å². The Morgan fingerprint density at radius 2 is 1.83 bits per heavy atom. The van der Waals surface area contributed by atoms with Crippen LogP contribution in [0.4, 0.5) is 11.4 Å². The molecule has 6 nitrogen and oxygen atoms in total. The Kier molecular flexibility index (Phi) is 5.63. The van der Waals surface area contributed by atoms with Crippen molar-refractivity contribution in [1.29, 1.82) is 5.26 Å². The van der Waals surface area contributed by atoms with Crippen molar-refractivity contribution in [2.24, 2.45) is 0 Å². The molecule has 0 bridgehead atoms. The number of para-hydroxylation sites is 1. The highest BCUT2D eigenvalue weighted by molar-refractivity contribution is 5.97. The van der Waals surface area contributed by atoms with Crippen LogP contribution >= 0.6 is 0 Å². The van der Waals surface area contributed by atoms with Gasteiger partial charge in [-0.15, -0.1) is 0 Å². The second-order valence-corrected chi connectivity index (χ2v) is 5.08. The number of carbonyl (C=O) groups is 1. The van der Waals surface area contributed by atoms with E-state index >= 15 is 0 Å². The number of ether oxygens (including phenoxy) is 2. The van der Waals surface area contributed by atoms with Gasteiger partial charge >= 0.3 is 0 Å². The van der Waals surface area contributed by atoms with Gasteiger partial charge in [0.15, 0.2) is 11.5 Å². The van der Waals surface area contributed by atoms with E-state index in [1.165, 1.54) is 0 Å². The third-order valence-electron chi connectivity index (χ3n) is 3.47. The summed E-state index contributed by atoms with van der Waals surface area (Å²) in [6.45, 7) is 1.74. The maximum Gasteiger partial charge on any atom is 0.246 e. The van der Waals surface area contributed by atoms with Gasteiger partial charge in [0, 0.05) is 11.8 Å². The molecule has 2 aromatic rings. The minimum Gasteiger partial charge on any atom is -0.493 e. The van der Waals surface area contributed by atoms with Crippen molar-refractivity contribution in [2.45, 2.75) is 13.0 Å². The predicted molar refractivity (Wildman–Crippen MR) is 92.4 cm³/mol. The van der Waals surface area contributed by atoms with Gasteiger partial charge < -0.3 is 20.1 Å². The zero-order valence-electron chi connectivity index (χ0n) is 13.8. The van der Waals surface area contributed by atoms with Crippen LogP contribution in [0, 0.1) is 11.3 Å². The van der Waals surface area contributed by atoms with Gasteiger partial charge in [-0.05, 0) is 31.2 Å². The van der Waals surface area contributed by atoms with Crippen LogP contribution in [0.2, 0.25) is 0 Å². The standard InChI is InChI=1S/C18H19N3O3/c1-12(18(22)21-15-7-5-4-6-13(15)11-19)20-14-8-9-16(23-2)17(10-14)24-3/h4-10,12,20H,1-3H3,(H,21,22)/t12-/m0/s1. The molecule has 1 atom stereocenters. The third kappa shape index (κ3) is 3.96. The van der Waals surface area contributed by atoms with Crippen LogP contribution in [0.15, 0.2) is 42.5 Å². The van der Waals surface area contributed by atoms with E-state index in [-0.39, 0.29) is 5.91 Å². The monoisotopic (exact) mass is 325 g/mol. The molecule has 2 N–H and O–H groups in total. The van der Waals surface area contributed by atoms with Crippen molar-refractivity contribution >= 4 is 17.3 Å². The van der Waals surface area contributed by atoms with Crippen molar-refractivity contribution < 1.29 is 14.3 Å². The van der Waals surface area contributed by atoms with Crippen LogP contribution < -0.4 is 20.1 Å². The van der Waals surface area contributed by atoms with Gasteiger partial charge in [-0.1, -0.05) is 12.1 Å². The Bertz CT molecular complexity index is 768. The number of hydrogen-bond donors (Lipinski definition) is 2. The first-order chi connectivity index (χ1) is 11.6. The molecule has 0 aliphatic rings. The first kappa shape index (κ1) is 17.2. The first-order valence-electron chi connectivity index (χ1n) is 7.37. The zero-order chi connectivity index (χ0) is 17.5. The van der Waals surface area contributed by atoms with Crippen LogP contribution in [0.25, 0.3) is 0 Å². The average molecular weight is 325 g/mol. The summed E-state index contributed by atoms with van der Waals surface area (Å²) in [6.07, 6.45) is 0. The molecular formula is C18H19N3O3. The Morgan fingerprint density at radius 3 is 2.50 bits per heavy atom. The number of hydrogen-bond acceptors (Lipinski definition) is 5. The fraction of sp³-hybridized carbons (Fsp3) is 0.222. The van der Waals surface area contributed by atoms with E-state index in [1.807, 2.05) is 0 Å². The summed E-state index contributed by atoms with van der Waals surface area (Å²) in [4.78, 5) is 12.3. The van der Waals surface area contributed by atoms with Gasteiger partial charge in [0.1, 0.15) is 12.1 Å². The zero-order valence-corrected chi connectivity index (χ0v) is 13.8. The molecule has 0 aromatic heterocycles. The van der Waals surface area contributed by atoms with E-state index in [2.05, 4.69) is 16.7 Å². The first-order valence-corrected chi connectivity index (χ1v) is 7.37. The molecule has 0 aliphatic heterocycles. The highest BCUT2D eigenvalue weighted by Crippen LogP contribution is 2.30. The lowest BCUT2D eigenvalue weighted by Gasteiger charge is -2.17. The smallest absolute Gasteiger partial charge is 0.246 e. The molecule has 0 heterocycles. The summed E-state index contributed by atoms with van der Waals surface area (Å²) in [7, 11) is 3.12. The lowest BCUT2D eigenvalue weighted by atomic mass is 10.2. The maximum atomic E-state index is 12.3. The summed E-state index contributed by atoms with van der Waals surface area (Å²) >= 11 is 0. The minimum atomic E-state index is -0.505. The second kappa shape index (κ2) is 7.88. The van der Waals surface area contributed by atoms with Gasteiger partial charge in [0.05, 0.1) is 25.5 Å². The van der Waals surface area contributed by atoms with E-state index in [9.17, 15) is 4.79 Å². The largest absolute Gasteiger partial charge is 0.493 e. The number of nitriles is 1. The molecule has 0 saturated carbocycles. The maximum absolute atomic E-state index is 12.3. The minimum absolute atomic E-state index is 0.243. The molecule has 2 rings (SSSR count). The molecule has 0 fully saturated rings. The molecule has 0 saturated heterocycles. The van der Waals surface area contributed by atoms with Crippen molar-refractivity contribution in [1.82, 2.24) is 0 Å². The molecular weight excluding hydrogens is 306 g/mol. The van der Waals surface area contributed by atoms with Crippen molar-refractivity contribution in [2.75, 3.05) is 24.9 Å². The third-order valence-corrected chi connectivity index (χ3v) is 3.47. The molecule has 0 radical (unpaired) electrons. The van der Waals surface area contributed by atoms with Gasteiger partial charge in [0.2, 0.25) is 5.91 Å². The average Bonchev–Trinajstić information content (AvgIpc) is 2.61. The summed E-state index contributed by atoms with van der Waals surface area (Å²) in [6, 6.07) is 13.7. The van der Waals surface area contributed by atoms with Gasteiger partial charge in [0.25, 0.3) is 0 Å². The fourth-order valence-electron chi connectivity index (χ4n) is 2.17. The normalized spacial score (nSPS) is 11.1. The molecule has 1 amide bonds. The quantitative estimate of drug-likeness (QED) is 0.853. The Morgan fingerprint density at radius 1 is 1.12 bits per heavy atom. The van der Waals surface area contributed by atoms with Crippen LogP contribution in [0.1, 0.15) is 12.5 Å². The van der Waals surface area contributed by atoms with Gasteiger partial charge in [-0.25, -0.2) is 0 Å². The van der Waals surface area contributed by atoms with E-state index in [1.54, 1.807) is 63.6 Å². The van der Waals surface area contributed by atoms with E-state index < -0.39 is 6.04 Å². The molecule has 0 unspecified atom stereocenters. The number of benzene rings is 2. The number of rotatable bonds is 6. The van der Waals surface area contributed by atoms with Crippen LogP contribution in [-0.4, -0.2) is 26.2 Å². The van der Waals surface area contributed by atoms with Crippen LogP contribution in [-0.2, 0) is 4.79 Å². The Labute approximate surface area is 141 Å². The van der Waals surface area contributed by atoms with E-state index in [4.69, 9.17) is 14.7 Å². The van der Waals surface area contributed by atoms with Gasteiger partial charge in [-0.2, -0.15) is 5.26 Å². The predicted octanol–water partition coefficient (Wildman–Crippen LogP) is 3.01. The molecule has 0 aliphatic carbocycles. The molecule has 2 aromatic carbocycles. The molecule has 0 spiro atoms. The lowest BCUT2D eigenvalue weighted by molar-refractivity contribution is -0.116. The van der Waals surface area contributed by atoms with Crippen LogP contribution in [0.3, 0.4) is 0 Å². The fourth-order valence-corrected chi connectivity index (χ4v) is 2.17. The molecule has 6 heteroatoms. The Balaban J connectivity index is 2.08. The number of amides is 1. The number of carbonyl (C=O) groups excluding carboxylic acids is 1. The van der Waals surface area contributed by atoms with Crippen LogP contribution in [0.5, 0.6) is 11.5 Å². The Hall–Kier alpha value is -3.20. The lowest BCUT2D eigenvalue weighted by Crippen LogP contribution is -2.32. The highest BCUT2D eigenvalue weighted by Gasteiger charge is 2.15. The van der Waals surface area contributed by atoms with E-state index in [0.717, 1.165) is 5.69 Å². The number of anilines is 2. The number of nitrogens with zero attached hydrogens (tertiary/aromatic N) is 1. The SMILES string of the molecule is COc1ccc(N[C@@H](C)C(=O)Nc2ccccc2C#N)cc1OC. The van der Waals surface area contributed by atoms with E-state index in [0.29, 0.717) is 22.7 Å². The highest BCUT2D eigenvalue weighted by atomic mass is 16.5. The number of methoxy groups -OCH3 is 2.